The van der Waals surface area contributed by atoms with Crippen LogP contribution in [-0.2, 0) is 14.8 Å². The van der Waals surface area contributed by atoms with Crippen LogP contribution in [0.3, 0.4) is 0 Å². The van der Waals surface area contributed by atoms with Gasteiger partial charge in [-0.1, -0.05) is 47.0 Å². The van der Waals surface area contributed by atoms with Crippen LogP contribution in [0.1, 0.15) is 11.1 Å². The summed E-state index contributed by atoms with van der Waals surface area (Å²) < 4.78 is 27.2. The quantitative estimate of drug-likeness (QED) is 0.658. The number of amides is 3. The van der Waals surface area contributed by atoms with Crippen LogP contribution in [0.25, 0.3) is 0 Å². The molecule has 0 atom stereocenters. The fourth-order valence-corrected chi connectivity index (χ4v) is 5.98. The predicted octanol–water partition coefficient (Wildman–Crippen LogP) is 3.26. The molecule has 0 radical (unpaired) electrons. The Labute approximate surface area is 197 Å². The van der Waals surface area contributed by atoms with E-state index in [0.29, 0.717) is 18.8 Å². The van der Waals surface area contributed by atoms with Crippen LogP contribution in [0, 0.1) is 13.8 Å². The molecular formula is C21H24Cl2N4O4S. The van der Waals surface area contributed by atoms with Gasteiger partial charge in [0, 0.05) is 31.9 Å². The van der Waals surface area contributed by atoms with Gasteiger partial charge in [0.2, 0.25) is 15.9 Å². The molecule has 8 nitrogen and oxygen atoms in total. The molecule has 1 heterocycles. The number of carbonyl (C=O) groups is 2. The molecule has 2 N–H and O–H groups in total. The summed E-state index contributed by atoms with van der Waals surface area (Å²) in [6.07, 6.45) is 0. The first-order chi connectivity index (χ1) is 15.1. The average Bonchev–Trinajstić information content (AvgIpc) is 2.70. The van der Waals surface area contributed by atoms with E-state index in [1.165, 1.54) is 16.4 Å². The van der Waals surface area contributed by atoms with Gasteiger partial charge in [-0.05, 0) is 37.6 Å². The van der Waals surface area contributed by atoms with Crippen LogP contribution in [-0.4, -0.2) is 62.3 Å². The summed E-state index contributed by atoms with van der Waals surface area (Å²) in [5.74, 6) is -0.474. The number of nitrogens with one attached hydrogen (secondary N) is 2. The lowest BCUT2D eigenvalue weighted by atomic mass is 10.1. The number of benzene rings is 2. The zero-order valence-electron chi connectivity index (χ0n) is 17.7. The lowest BCUT2D eigenvalue weighted by molar-refractivity contribution is -0.121. The summed E-state index contributed by atoms with van der Waals surface area (Å²) in [4.78, 5) is 26.1. The van der Waals surface area contributed by atoms with Crippen LogP contribution in [0.15, 0.2) is 41.3 Å². The Kier molecular flexibility index (Phi) is 7.79. The molecule has 0 aromatic heterocycles. The molecule has 0 spiro atoms. The summed E-state index contributed by atoms with van der Waals surface area (Å²) in [5, 5.41) is 5.09. The van der Waals surface area contributed by atoms with E-state index in [1.54, 1.807) is 17.0 Å². The smallest absolute Gasteiger partial charge is 0.307 e. The summed E-state index contributed by atoms with van der Waals surface area (Å²) in [6.45, 7) is 4.79. The van der Waals surface area contributed by atoms with Gasteiger partial charge in [-0.2, -0.15) is 4.31 Å². The second-order valence-electron chi connectivity index (χ2n) is 7.55. The van der Waals surface area contributed by atoms with E-state index < -0.39 is 22.0 Å². The van der Waals surface area contributed by atoms with Gasteiger partial charge in [-0.15, -0.1) is 0 Å². The fourth-order valence-electron chi connectivity index (χ4n) is 3.46. The number of piperazine rings is 1. The third-order valence-electron chi connectivity index (χ3n) is 5.10. The van der Waals surface area contributed by atoms with Crippen LogP contribution >= 0.6 is 23.2 Å². The molecule has 2 aromatic carbocycles. The zero-order valence-corrected chi connectivity index (χ0v) is 20.0. The molecule has 0 unspecified atom stereocenters. The normalized spacial score (nSPS) is 15.4. The van der Waals surface area contributed by atoms with Crippen LogP contribution in [0.5, 0.6) is 0 Å². The maximum Gasteiger partial charge on any atom is 0.325 e. The number of hydrogen-bond donors (Lipinski definition) is 2. The van der Waals surface area contributed by atoms with Crippen molar-refractivity contribution in [2.24, 2.45) is 0 Å². The van der Waals surface area contributed by atoms with Crippen LogP contribution in [0.2, 0.25) is 10.0 Å². The number of carbonyl (C=O) groups excluding carboxylic acids is 2. The maximum atomic E-state index is 12.9. The monoisotopic (exact) mass is 498 g/mol. The van der Waals surface area contributed by atoms with Gasteiger partial charge in [0.05, 0.1) is 16.6 Å². The van der Waals surface area contributed by atoms with Crippen molar-refractivity contribution in [3.05, 3.63) is 57.6 Å². The Morgan fingerprint density at radius 3 is 2.22 bits per heavy atom. The second-order valence-corrected chi connectivity index (χ2v) is 10.2. The molecule has 3 amide bonds. The highest BCUT2D eigenvalue weighted by Crippen LogP contribution is 2.31. The van der Waals surface area contributed by atoms with Crippen molar-refractivity contribution < 1.29 is 18.0 Å². The number of imide groups is 1. The highest BCUT2D eigenvalue weighted by Gasteiger charge is 2.32. The molecule has 1 fully saturated rings. The Balaban J connectivity index is 1.52. The van der Waals surface area contributed by atoms with Crippen molar-refractivity contribution in [3.63, 3.8) is 0 Å². The fraction of sp³-hybridized carbons (Fsp3) is 0.333. The Bertz CT molecular complexity index is 1110. The molecule has 3 rings (SSSR count). The number of sulfonamides is 1. The van der Waals surface area contributed by atoms with E-state index in [2.05, 4.69) is 10.6 Å². The van der Waals surface area contributed by atoms with Crippen molar-refractivity contribution in [2.75, 3.05) is 38.0 Å². The third kappa shape index (κ3) is 5.79. The molecule has 0 aliphatic carbocycles. The van der Waals surface area contributed by atoms with Gasteiger partial charge in [-0.3, -0.25) is 15.0 Å². The second kappa shape index (κ2) is 10.2. The van der Waals surface area contributed by atoms with Crippen LogP contribution < -0.4 is 10.6 Å². The average molecular weight is 499 g/mol. The van der Waals surface area contributed by atoms with Gasteiger partial charge in [0.15, 0.2) is 0 Å². The van der Waals surface area contributed by atoms with E-state index in [0.717, 1.165) is 11.1 Å². The highest BCUT2D eigenvalue weighted by atomic mass is 35.5. The minimum Gasteiger partial charge on any atom is -0.307 e. The number of halogens is 2. The third-order valence-corrected chi connectivity index (χ3v) is 7.95. The molecule has 2 aromatic rings. The molecule has 172 valence electrons. The number of urea groups is 1. The topological polar surface area (TPSA) is 98.8 Å². The van der Waals surface area contributed by atoms with Crippen molar-refractivity contribution in [1.29, 1.82) is 0 Å². The number of anilines is 1. The minimum atomic E-state index is -3.86. The van der Waals surface area contributed by atoms with Crippen molar-refractivity contribution in [2.45, 2.75) is 18.7 Å². The molecule has 1 saturated heterocycles. The van der Waals surface area contributed by atoms with Gasteiger partial charge < -0.3 is 5.32 Å². The number of hydrogen-bond acceptors (Lipinski definition) is 5. The molecule has 11 heteroatoms. The Morgan fingerprint density at radius 1 is 1.00 bits per heavy atom. The van der Waals surface area contributed by atoms with Crippen LogP contribution in [0.4, 0.5) is 10.5 Å². The van der Waals surface area contributed by atoms with E-state index in [1.807, 2.05) is 26.0 Å². The van der Waals surface area contributed by atoms with Gasteiger partial charge >= 0.3 is 6.03 Å². The number of nitrogens with zero attached hydrogens (tertiary/aromatic N) is 2. The molecule has 32 heavy (non-hydrogen) atoms. The van der Waals surface area contributed by atoms with Crippen molar-refractivity contribution in [3.8, 4) is 0 Å². The molecular weight excluding hydrogens is 475 g/mol. The molecule has 1 aliphatic rings. The summed E-state index contributed by atoms with van der Waals surface area (Å²) >= 11 is 12.1. The molecule has 0 saturated carbocycles. The van der Waals surface area contributed by atoms with Crippen molar-refractivity contribution in [1.82, 2.24) is 14.5 Å². The highest BCUT2D eigenvalue weighted by molar-refractivity contribution is 7.89. The van der Waals surface area contributed by atoms with Gasteiger partial charge in [0.1, 0.15) is 4.90 Å². The Morgan fingerprint density at radius 2 is 1.62 bits per heavy atom. The minimum absolute atomic E-state index is 0.0267. The largest absolute Gasteiger partial charge is 0.325 e. The molecule has 0 bridgehead atoms. The maximum absolute atomic E-state index is 12.9. The van der Waals surface area contributed by atoms with Crippen molar-refractivity contribution >= 4 is 50.9 Å². The lowest BCUT2D eigenvalue weighted by Gasteiger charge is -2.33. The van der Waals surface area contributed by atoms with Gasteiger partial charge in [0.25, 0.3) is 0 Å². The van der Waals surface area contributed by atoms with E-state index in [9.17, 15) is 18.0 Å². The van der Waals surface area contributed by atoms with E-state index >= 15 is 0 Å². The SMILES string of the molecule is Cc1ccc(NC(=O)NC(=O)CN2CCN(S(=O)(=O)c3c(Cl)cccc3Cl)CC2)c(C)c1. The standard InChI is InChI=1S/C21H24Cl2N4O4S/c1-14-6-7-18(15(2)12-14)24-21(29)25-19(28)13-26-8-10-27(11-9-26)32(30,31)20-16(22)4-3-5-17(20)23/h3-7,12H,8-11,13H2,1-2H3,(H2,24,25,28,29). The Hall–Kier alpha value is -2.17. The number of rotatable bonds is 5. The summed E-state index contributed by atoms with van der Waals surface area (Å²) in [6, 6.07) is 9.50. The number of aryl methyl sites for hydroxylation is 2. The molecule has 1 aliphatic heterocycles. The lowest BCUT2D eigenvalue weighted by Crippen LogP contribution is -2.51. The van der Waals surface area contributed by atoms with E-state index in [-0.39, 0.29) is 34.6 Å². The summed E-state index contributed by atoms with van der Waals surface area (Å²) in [5.41, 5.74) is 2.59. The zero-order chi connectivity index (χ0) is 23.5. The summed E-state index contributed by atoms with van der Waals surface area (Å²) in [7, 11) is -3.86. The van der Waals surface area contributed by atoms with Gasteiger partial charge in [-0.25, -0.2) is 13.2 Å². The predicted molar refractivity (Wildman–Crippen MR) is 125 cm³/mol. The first kappa shape index (κ1) is 24.5. The first-order valence-electron chi connectivity index (χ1n) is 9.92. The van der Waals surface area contributed by atoms with E-state index in [4.69, 9.17) is 23.2 Å². The first-order valence-corrected chi connectivity index (χ1v) is 12.1.